The number of amides is 1. The number of nitrogens with zero attached hydrogens (tertiary/aromatic N) is 1. The van der Waals surface area contributed by atoms with E-state index >= 15 is 0 Å². The van der Waals surface area contributed by atoms with Crippen molar-refractivity contribution in [3.8, 4) is 0 Å². The van der Waals surface area contributed by atoms with Gasteiger partial charge in [-0.1, -0.05) is 0 Å². The molecular formula is C11H14FN3O2S. The maximum absolute atomic E-state index is 13.0. The van der Waals surface area contributed by atoms with E-state index in [2.05, 4.69) is 10.3 Å². The van der Waals surface area contributed by atoms with Gasteiger partial charge >= 0.3 is 0 Å². The number of aromatic nitrogens is 1. The van der Waals surface area contributed by atoms with Gasteiger partial charge in [-0.15, -0.1) is 0 Å². The molecule has 0 spiro atoms. The van der Waals surface area contributed by atoms with Gasteiger partial charge in [-0.05, 0) is 18.9 Å². The number of nitrogens with two attached hydrogens (primary N) is 1. The van der Waals surface area contributed by atoms with E-state index < -0.39 is 22.5 Å². The third kappa shape index (κ3) is 3.04. The first-order valence-electron chi connectivity index (χ1n) is 5.63. The number of nitrogens with one attached hydrogen (secondary N) is 1. The fourth-order valence-electron chi connectivity index (χ4n) is 1.83. The third-order valence-electron chi connectivity index (χ3n) is 2.85. The van der Waals surface area contributed by atoms with Gasteiger partial charge in [0, 0.05) is 28.3 Å². The number of halogens is 1. The molecule has 18 heavy (non-hydrogen) atoms. The van der Waals surface area contributed by atoms with Gasteiger partial charge in [0.05, 0.1) is 11.8 Å². The van der Waals surface area contributed by atoms with E-state index in [9.17, 15) is 13.4 Å². The van der Waals surface area contributed by atoms with Crippen LogP contribution >= 0.6 is 0 Å². The predicted octanol–water partition coefficient (Wildman–Crippen LogP) is 0.444. The number of hydrogen-bond donors (Lipinski definition) is 2. The summed E-state index contributed by atoms with van der Waals surface area (Å²) in [5, 5.41) is 2.76. The van der Waals surface area contributed by atoms with Gasteiger partial charge in [0.1, 0.15) is 11.6 Å². The van der Waals surface area contributed by atoms with E-state index in [0.717, 1.165) is 12.3 Å². The molecule has 1 saturated heterocycles. The summed E-state index contributed by atoms with van der Waals surface area (Å²) in [4.78, 5) is 15.5. The van der Waals surface area contributed by atoms with Gasteiger partial charge in [-0.2, -0.15) is 0 Å². The second kappa shape index (κ2) is 5.43. The molecule has 7 heteroatoms. The van der Waals surface area contributed by atoms with Crippen molar-refractivity contribution in [3.05, 3.63) is 23.6 Å². The van der Waals surface area contributed by atoms with E-state index in [1.165, 1.54) is 0 Å². The zero-order valence-electron chi connectivity index (χ0n) is 9.69. The van der Waals surface area contributed by atoms with Crippen molar-refractivity contribution < 1.29 is 13.4 Å². The van der Waals surface area contributed by atoms with Crippen molar-refractivity contribution in [2.45, 2.75) is 18.9 Å². The molecular weight excluding hydrogens is 257 g/mol. The molecule has 0 unspecified atom stereocenters. The SMILES string of the molecule is Nc1ncc(F)cc1C(=O)NC1CCS(=O)CC1. The lowest BCUT2D eigenvalue weighted by Gasteiger charge is -2.22. The number of carbonyl (C=O) groups is 1. The molecule has 0 saturated carbocycles. The highest BCUT2D eigenvalue weighted by molar-refractivity contribution is 7.85. The molecule has 1 aliphatic heterocycles. The van der Waals surface area contributed by atoms with Crippen LogP contribution in [0.15, 0.2) is 12.3 Å². The largest absolute Gasteiger partial charge is 0.383 e. The Bertz CT molecular complexity index is 485. The Labute approximate surface area is 106 Å². The maximum Gasteiger partial charge on any atom is 0.255 e. The van der Waals surface area contributed by atoms with Crippen molar-refractivity contribution in [2.24, 2.45) is 0 Å². The first-order chi connectivity index (χ1) is 8.56. The summed E-state index contributed by atoms with van der Waals surface area (Å²) in [5.74, 6) is 0.147. The van der Waals surface area contributed by atoms with E-state index in [0.29, 0.717) is 24.3 Å². The molecule has 0 radical (unpaired) electrons. The van der Waals surface area contributed by atoms with E-state index in [-0.39, 0.29) is 17.4 Å². The van der Waals surface area contributed by atoms with Gasteiger partial charge in [-0.25, -0.2) is 9.37 Å². The van der Waals surface area contributed by atoms with E-state index in [1.807, 2.05) is 0 Å². The number of rotatable bonds is 2. The Kier molecular flexibility index (Phi) is 3.90. The normalized spacial score (nSPS) is 23.6. The van der Waals surface area contributed by atoms with Crippen LogP contribution in [-0.2, 0) is 10.8 Å². The standard InChI is InChI=1S/C11H14FN3O2S/c12-7-5-9(10(13)14-6-7)11(16)15-8-1-3-18(17)4-2-8/h5-6,8H,1-4H2,(H2,13,14)(H,15,16). The van der Waals surface area contributed by atoms with Crippen LogP contribution in [0.1, 0.15) is 23.2 Å². The second-order valence-corrected chi connectivity index (χ2v) is 5.88. The van der Waals surface area contributed by atoms with Crippen molar-refractivity contribution in [1.29, 1.82) is 0 Å². The lowest BCUT2D eigenvalue weighted by atomic mass is 10.1. The number of hydrogen-bond acceptors (Lipinski definition) is 4. The minimum absolute atomic E-state index is 0.00767. The first kappa shape index (κ1) is 12.9. The lowest BCUT2D eigenvalue weighted by molar-refractivity contribution is 0.0934. The topological polar surface area (TPSA) is 85.1 Å². The molecule has 3 N–H and O–H groups in total. The Hall–Kier alpha value is -1.50. The van der Waals surface area contributed by atoms with Crippen molar-refractivity contribution in [3.63, 3.8) is 0 Å². The first-order valence-corrected chi connectivity index (χ1v) is 7.12. The molecule has 0 aromatic carbocycles. The molecule has 1 aromatic rings. The third-order valence-corrected chi connectivity index (χ3v) is 4.24. The highest BCUT2D eigenvalue weighted by atomic mass is 32.2. The molecule has 2 rings (SSSR count). The molecule has 0 atom stereocenters. The fourth-order valence-corrected chi connectivity index (χ4v) is 3.13. The zero-order chi connectivity index (χ0) is 13.1. The number of anilines is 1. The highest BCUT2D eigenvalue weighted by Gasteiger charge is 2.21. The average molecular weight is 271 g/mol. The Morgan fingerprint density at radius 1 is 1.50 bits per heavy atom. The molecule has 0 bridgehead atoms. The predicted molar refractivity (Wildman–Crippen MR) is 67.0 cm³/mol. The molecule has 1 fully saturated rings. The number of carbonyl (C=O) groups excluding carboxylic acids is 1. The quantitative estimate of drug-likeness (QED) is 0.817. The van der Waals surface area contributed by atoms with Crippen molar-refractivity contribution in [2.75, 3.05) is 17.2 Å². The summed E-state index contributed by atoms with van der Waals surface area (Å²) in [6.07, 6.45) is 2.30. The monoisotopic (exact) mass is 271 g/mol. The molecule has 1 aliphatic rings. The Morgan fingerprint density at radius 3 is 2.83 bits per heavy atom. The summed E-state index contributed by atoms with van der Waals surface area (Å²) in [5.41, 5.74) is 5.57. The average Bonchev–Trinajstić information content (AvgIpc) is 2.35. The zero-order valence-corrected chi connectivity index (χ0v) is 10.5. The van der Waals surface area contributed by atoms with Crippen LogP contribution in [0.3, 0.4) is 0 Å². The molecule has 1 amide bonds. The van der Waals surface area contributed by atoms with Gasteiger partial charge in [-0.3, -0.25) is 9.00 Å². The molecule has 5 nitrogen and oxygen atoms in total. The molecule has 0 aliphatic carbocycles. The van der Waals surface area contributed by atoms with Crippen molar-refractivity contribution >= 4 is 22.5 Å². The minimum Gasteiger partial charge on any atom is -0.383 e. The summed E-state index contributed by atoms with van der Waals surface area (Å²) in [6.45, 7) is 0. The summed E-state index contributed by atoms with van der Waals surface area (Å²) >= 11 is 0. The summed E-state index contributed by atoms with van der Waals surface area (Å²) < 4.78 is 24.2. The molecule has 2 heterocycles. The summed E-state index contributed by atoms with van der Waals surface area (Å²) in [6, 6.07) is 1.04. The van der Waals surface area contributed by atoms with Crippen LogP contribution in [0.5, 0.6) is 0 Å². The number of nitrogen functional groups attached to an aromatic ring is 1. The van der Waals surface area contributed by atoms with Crippen LogP contribution in [-0.4, -0.2) is 32.6 Å². The smallest absolute Gasteiger partial charge is 0.255 e. The van der Waals surface area contributed by atoms with Gasteiger partial charge in [0.25, 0.3) is 5.91 Å². The van der Waals surface area contributed by atoms with E-state index in [4.69, 9.17) is 5.73 Å². The van der Waals surface area contributed by atoms with Gasteiger partial charge in [0.2, 0.25) is 0 Å². The van der Waals surface area contributed by atoms with Crippen molar-refractivity contribution in [1.82, 2.24) is 10.3 Å². The highest BCUT2D eigenvalue weighted by Crippen LogP contribution is 2.13. The molecule has 1 aromatic heterocycles. The van der Waals surface area contributed by atoms with Crippen LogP contribution in [0, 0.1) is 5.82 Å². The number of pyridine rings is 1. The maximum atomic E-state index is 13.0. The lowest BCUT2D eigenvalue weighted by Crippen LogP contribution is -2.39. The van der Waals surface area contributed by atoms with Gasteiger partial charge < -0.3 is 11.1 Å². The van der Waals surface area contributed by atoms with Gasteiger partial charge in [0.15, 0.2) is 0 Å². The minimum atomic E-state index is -0.777. The fraction of sp³-hybridized carbons (Fsp3) is 0.455. The van der Waals surface area contributed by atoms with Crippen LogP contribution < -0.4 is 11.1 Å². The Morgan fingerprint density at radius 2 is 2.17 bits per heavy atom. The molecule has 98 valence electrons. The summed E-state index contributed by atoms with van der Waals surface area (Å²) in [7, 11) is -0.777. The van der Waals surface area contributed by atoms with Crippen LogP contribution in [0.4, 0.5) is 10.2 Å². The van der Waals surface area contributed by atoms with E-state index in [1.54, 1.807) is 0 Å². The second-order valence-electron chi connectivity index (χ2n) is 4.18. The van der Waals surface area contributed by atoms with Crippen LogP contribution in [0.25, 0.3) is 0 Å². The Balaban J connectivity index is 2.03. The van der Waals surface area contributed by atoms with Crippen LogP contribution in [0.2, 0.25) is 0 Å².